The van der Waals surface area contributed by atoms with Crippen molar-refractivity contribution in [3.63, 3.8) is 0 Å². The Balaban J connectivity index is 2.86. The lowest BCUT2D eigenvalue weighted by Gasteiger charge is -2.20. The monoisotopic (exact) mass is 253 g/mol. The number of aliphatic carboxylic acids is 1. The van der Waals surface area contributed by atoms with Crippen LogP contribution in [0, 0.1) is 11.7 Å². The molecule has 4 nitrogen and oxygen atoms in total. The van der Waals surface area contributed by atoms with Gasteiger partial charge in [0.15, 0.2) is 0 Å². The second-order valence-corrected chi connectivity index (χ2v) is 4.15. The zero-order chi connectivity index (χ0) is 13.7. The molecule has 0 saturated carbocycles. The average Bonchev–Trinajstić information content (AvgIpc) is 2.35. The molecular formula is C13H16FNO3. The minimum atomic E-state index is -1.12. The Morgan fingerprint density at radius 1 is 1.39 bits per heavy atom. The van der Waals surface area contributed by atoms with Gasteiger partial charge in [0.2, 0.25) is 0 Å². The van der Waals surface area contributed by atoms with Crippen LogP contribution in [0.5, 0.6) is 0 Å². The van der Waals surface area contributed by atoms with Gasteiger partial charge in [-0.1, -0.05) is 32.4 Å². The molecule has 0 aromatic heterocycles. The second kappa shape index (κ2) is 6.14. The van der Waals surface area contributed by atoms with Gasteiger partial charge in [-0.15, -0.1) is 0 Å². The van der Waals surface area contributed by atoms with Crippen molar-refractivity contribution in [2.75, 3.05) is 0 Å². The van der Waals surface area contributed by atoms with E-state index >= 15 is 0 Å². The van der Waals surface area contributed by atoms with Crippen molar-refractivity contribution in [1.29, 1.82) is 0 Å². The number of carboxylic acids is 1. The molecular weight excluding hydrogens is 237 g/mol. The Bertz CT molecular complexity index is 448. The predicted molar refractivity (Wildman–Crippen MR) is 64.7 cm³/mol. The Kier molecular flexibility index (Phi) is 4.83. The summed E-state index contributed by atoms with van der Waals surface area (Å²) in [5.74, 6) is -2.71. The Morgan fingerprint density at radius 3 is 2.50 bits per heavy atom. The van der Waals surface area contributed by atoms with E-state index in [0.29, 0.717) is 6.42 Å². The van der Waals surface area contributed by atoms with Crippen LogP contribution in [0.1, 0.15) is 30.6 Å². The van der Waals surface area contributed by atoms with Crippen molar-refractivity contribution in [2.45, 2.75) is 26.3 Å². The highest BCUT2D eigenvalue weighted by Gasteiger charge is 2.26. The molecule has 0 fully saturated rings. The molecule has 0 radical (unpaired) electrons. The van der Waals surface area contributed by atoms with Gasteiger partial charge in [-0.05, 0) is 18.1 Å². The maximum atomic E-state index is 13.4. The van der Waals surface area contributed by atoms with E-state index in [1.807, 2.05) is 6.92 Å². The summed E-state index contributed by atoms with van der Waals surface area (Å²) in [6.45, 7) is 3.55. The third kappa shape index (κ3) is 3.29. The Hall–Kier alpha value is -1.91. The van der Waals surface area contributed by atoms with Crippen molar-refractivity contribution in [3.05, 3.63) is 35.6 Å². The number of hydrogen-bond acceptors (Lipinski definition) is 2. The van der Waals surface area contributed by atoms with E-state index in [1.54, 1.807) is 6.92 Å². The summed E-state index contributed by atoms with van der Waals surface area (Å²) in [6.07, 6.45) is 0.606. The van der Waals surface area contributed by atoms with Crippen LogP contribution < -0.4 is 5.32 Å². The SMILES string of the molecule is CCC(C)C(NC(=O)c1ccccc1F)C(=O)O. The summed E-state index contributed by atoms with van der Waals surface area (Å²) in [5, 5.41) is 11.4. The van der Waals surface area contributed by atoms with Crippen molar-refractivity contribution < 1.29 is 19.1 Å². The molecule has 0 bridgehead atoms. The van der Waals surface area contributed by atoms with E-state index in [2.05, 4.69) is 5.32 Å². The average molecular weight is 253 g/mol. The van der Waals surface area contributed by atoms with Crippen LogP contribution in [0.25, 0.3) is 0 Å². The first kappa shape index (κ1) is 14.2. The van der Waals surface area contributed by atoms with Crippen molar-refractivity contribution in [3.8, 4) is 0 Å². The van der Waals surface area contributed by atoms with Gasteiger partial charge in [-0.2, -0.15) is 0 Å². The Morgan fingerprint density at radius 2 is 2.00 bits per heavy atom. The maximum absolute atomic E-state index is 13.4. The molecule has 2 N–H and O–H groups in total. The number of carbonyl (C=O) groups is 2. The number of carbonyl (C=O) groups excluding carboxylic acids is 1. The molecule has 0 aliphatic heterocycles. The maximum Gasteiger partial charge on any atom is 0.326 e. The van der Waals surface area contributed by atoms with Crippen LogP contribution in [-0.4, -0.2) is 23.0 Å². The molecule has 0 aliphatic rings. The molecule has 1 rings (SSSR count). The van der Waals surface area contributed by atoms with Gasteiger partial charge in [0.25, 0.3) is 5.91 Å². The molecule has 0 aliphatic carbocycles. The van der Waals surface area contributed by atoms with Gasteiger partial charge in [0, 0.05) is 0 Å². The molecule has 0 heterocycles. The summed E-state index contributed by atoms with van der Waals surface area (Å²) < 4.78 is 13.4. The summed E-state index contributed by atoms with van der Waals surface area (Å²) >= 11 is 0. The van der Waals surface area contributed by atoms with Crippen molar-refractivity contribution in [2.24, 2.45) is 5.92 Å². The Labute approximate surface area is 105 Å². The van der Waals surface area contributed by atoms with Crippen LogP contribution in [-0.2, 0) is 4.79 Å². The lowest BCUT2D eigenvalue weighted by Crippen LogP contribution is -2.45. The lowest BCUT2D eigenvalue weighted by molar-refractivity contribution is -0.140. The molecule has 1 aromatic carbocycles. The zero-order valence-electron chi connectivity index (χ0n) is 10.3. The molecule has 18 heavy (non-hydrogen) atoms. The minimum absolute atomic E-state index is 0.146. The molecule has 0 saturated heterocycles. The van der Waals surface area contributed by atoms with Gasteiger partial charge in [0.05, 0.1) is 5.56 Å². The van der Waals surface area contributed by atoms with Crippen LogP contribution in [0.4, 0.5) is 4.39 Å². The third-order valence-electron chi connectivity index (χ3n) is 2.88. The largest absolute Gasteiger partial charge is 0.480 e. The van der Waals surface area contributed by atoms with Gasteiger partial charge in [-0.25, -0.2) is 9.18 Å². The second-order valence-electron chi connectivity index (χ2n) is 4.15. The van der Waals surface area contributed by atoms with Crippen LogP contribution in [0.2, 0.25) is 0 Å². The minimum Gasteiger partial charge on any atom is -0.480 e. The zero-order valence-corrected chi connectivity index (χ0v) is 10.3. The topological polar surface area (TPSA) is 66.4 Å². The third-order valence-corrected chi connectivity index (χ3v) is 2.88. The highest BCUT2D eigenvalue weighted by Crippen LogP contribution is 2.11. The molecule has 5 heteroatoms. The first-order valence-electron chi connectivity index (χ1n) is 5.75. The number of nitrogens with one attached hydrogen (secondary N) is 1. The van der Waals surface area contributed by atoms with Crippen LogP contribution >= 0.6 is 0 Å². The van der Waals surface area contributed by atoms with Gasteiger partial charge < -0.3 is 10.4 Å². The van der Waals surface area contributed by atoms with Gasteiger partial charge >= 0.3 is 5.97 Å². The van der Waals surface area contributed by atoms with E-state index in [-0.39, 0.29) is 11.5 Å². The van der Waals surface area contributed by atoms with E-state index in [1.165, 1.54) is 18.2 Å². The van der Waals surface area contributed by atoms with E-state index in [4.69, 9.17) is 5.11 Å². The number of halogens is 1. The summed E-state index contributed by atoms with van der Waals surface area (Å²) in [7, 11) is 0. The summed E-state index contributed by atoms with van der Waals surface area (Å²) in [5.41, 5.74) is -0.146. The van der Waals surface area contributed by atoms with Gasteiger partial charge in [0.1, 0.15) is 11.9 Å². The summed E-state index contributed by atoms with van der Waals surface area (Å²) in [6, 6.07) is 4.46. The molecule has 0 spiro atoms. The van der Waals surface area contributed by atoms with E-state index in [9.17, 15) is 14.0 Å². The molecule has 1 aromatic rings. The number of carboxylic acid groups (broad SMARTS) is 1. The highest BCUT2D eigenvalue weighted by atomic mass is 19.1. The highest BCUT2D eigenvalue weighted by molar-refractivity contribution is 5.96. The van der Waals surface area contributed by atoms with Gasteiger partial charge in [-0.3, -0.25) is 4.79 Å². The van der Waals surface area contributed by atoms with Crippen molar-refractivity contribution >= 4 is 11.9 Å². The fourth-order valence-corrected chi connectivity index (χ4v) is 1.55. The smallest absolute Gasteiger partial charge is 0.326 e. The molecule has 2 atom stereocenters. The predicted octanol–water partition coefficient (Wildman–Crippen LogP) is 2.05. The fraction of sp³-hybridized carbons (Fsp3) is 0.385. The lowest BCUT2D eigenvalue weighted by atomic mass is 9.99. The number of amides is 1. The number of benzene rings is 1. The number of rotatable bonds is 5. The molecule has 1 amide bonds. The van der Waals surface area contributed by atoms with Crippen LogP contribution in [0.15, 0.2) is 24.3 Å². The van der Waals surface area contributed by atoms with Crippen molar-refractivity contribution in [1.82, 2.24) is 5.32 Å². The fourth-order valence-electron chi connectivity index (χ4n) is 1.55. The molecule has 2 unspecified atom stereocenters. The standard InChI is InChI=1S/C13H16FNO3/c1-3-8(2)11(13(17)18)15-12(16)9-6-4-5-7-10(9)14/h4-8,11H,3H2,1-2H3,(H,15,16)(H,17,18). The van der Waals surface area contributed by atoms with Crippen LogP contribution in [0.3, 0.4) is 0 Å². The number of hydrogen-bond donors (Lipinski definition) is 2. The quantitative estimate of drug-likeness (QED) is 0.844. The summed E-state index contributed by atoms with van der Waals surface area (Å²) in [4.78, 5) is 22.8. The van der Waals surface area contributed by atoms with E-state index in [0.717, 1.165) is 6.07 Å². The van der Waals surface area contributed by atoms with E-state index < -0.39 is 23.7 Å². The first-order chi connectivity index (χ1) is 8.47. The normalized spacial score (nSPS) is 13.7. The first-order valence-corrected chi connectivity index (χ1v) is 5.75. The molecule has 98 valence electrons.